The van der Waals surface area contributed by atoms with Gasteiger partial charge < -0.3 is 23.7 Å². The summed E-state index contributed by atoms with van der Waals surface area (Å²) in [7, 11) is 0. The van der Waals surface area contributed by atoms with E-state index in [0.29, 0.717) is 6.79 Å². The second kappa shape index (κ2) is 4.03. The third kappa shape index (κ3) is 1.41. The summed E-state index contributed by atoms with van der Waals surface area (Å²) in [5.74, 6) is 3.29. The van der Waals surface area contributed by atoms with E-state index in [2.05, 4.69) is 23.5 Å². The molecular weight excluding hydrogens is 322 g/mol. The first-order valence-electron chi connectivity index (χ1n) is 8.60. The van der Waals surface area contributed by atoms with Crippen LogP contribution in [-0.2, 0) is 23.2 Å². The average molecular weight is 337 g/mol. The fraction of sp³-hybridized carbons (Fsp3) is 0.368. The Kier molecular flexibility index (Phi) is 2.07. The molecule has 1 fully saturated rings. The second-order valence-corrected chi connectivity index (χ2v) is 7.22. The lowest BCUT2D eigenvalue weighted by molar-refractivity contribution is -0.0625. The number of nitrogens with one attached hydrogen (secondary N) is 1. The molecule has 4 heterocycles. The third-order valence-corrected chi connectivity index (χ3v) is 6.11. The van der Waals surface area contributed by atoms with E-state index >= 15 is 0 Å². The second-order valence-electron chi connectivity index (χ2n) is 7.22. The van der Waals surface area contributed by atoms with Crippen LogP contribution in [0, 0.1) is 0 Å². The minimum Gasteiger partial charge on any atom is -0.454 e. The molecule has 0 radical (unpaired) electrons. The molecule has 126 valence electrons. The van der Waals surface area contributed by atoms with Gasteiger partial charge in [0.2, 0.25) is 13.6 Å². The summed E-state index contributed by atoms with van der Waals surface area (Å²) in [5, 5.41) is 3.67. The van der Waals surface area contributed by atoms with E-state index in [0.717, 1.165) is 41.4 Å². The summed E-state index contributed by atoms with van der Waals surface area (Å²) in [6, 6.07) is 8.61. The number of hydrogen-bond donors (Lipinski definition) is 1. The molecule has 3 unspecified atom stereocenters. The number of hydrogen-bond acceptors (Lipinski definition) is 6. The molecule has 1 aliphatic carbocycles. The van der Waals surface area contributed by atoms with Crippen LogP contribution in [0.4, 0.5) is 0 Å². The highest BCUT2D eigenvalue weighted by Crippen LogP contribution is 2.58. The van der Waals surface area contributed by atoms with Crippen molar-refractivity contribution >= 4 is 0 Å². The summed E-state index contributed by atoms with van der Waals surface area (Å²) >= 11 is 0. The van der Waals surface area contributed by atoms with Crippen molar-refractivity contribution in [1.82, 2.24) is 5.32 Å². The molecule has 2 aromatic carbocycles. The first kappa shape index (κ1) is 12.9. The molecule has 6 heteroatoms. The Balaban J connectivity index is 1.42. The van der Waals surface area contributed by atoms with Gasteiger partial charge in [-0.3, -0.25) is 5.32 Å². The Labute approximate surface area is 143 Å². The highest BCUT2D eigenvalue weighted by atomic mass is 16.7. The van der Waals surface area contributed by atoms with Crippen LogP contribution in [-0.4, -0.2) is 19.6 Å². The van der Waals surface area contributed by atoms with Crippen molar-refractivity contribution in [1.29, 1.82) is 0 Å². The fourth-order valence-corrected chi connectivity index (χ4v) is 5.05. The standard InChI is InChI=1S/C19H15NO5/c1-2-12-17(24-8-21-12)16-9(1)6-19-11-5-14-13(22-7-23-14)3-10(11)4-15(19)20-18(16)25-19/h1-3,5,15,18,20H,4,6-8H2. The normalized spacial score (nSPS) is 31.7. The van der Waals surface area contributed by atoms with E-state index in [-0.39, 0.29) is 24.7 Å². The summed E-state index contributed by atoms with van der Waals surface area (Å²) in [6.07, 6.45) is 1.58. The van der Waals surface area contributed by atoms with Crippen LogP contribution < -0.4 is 24.3 Å². The van der Waals surface area contributed by atoms with Crippen LogP contribution in [0.5, 0.6) is 23.0 Å². The van der Waals surface area contributed by atoms with Gasteiger partial charge in [0.05, 0.1) is 0 Å². The number of rotatable bonds is 0. The van der Waals surface area contributed by atoms with Crippen LogP contribution in [0.1, 0.15) is 28.5 Å². The zero-order chi connectivity index (χ0) is 16.2. The Morgan fingerprint density at radius 1 is 0.920 bits per heavy atom. The minimum atomic E-state index is -0.346. The van der Waals surface area contributed by atoms with Gasteiger partial charge in [0.25, 0.3) is 0 Å². The summed E-state index contributed by atoms with van der Waals surface area (Å²) < 4.78 is 29.0. The quantitative estimate of drug-likeness (QED) is 0.795. The maximum absolute atomic E-state index is 6.60. The Morgan fingerprint density at radius 3 is 2.72 bits per heavy atom. The average Bonchev–Trinajstić information content (AvgIpc) is 3.35. The van der Waals surface area contributed by atoms with E-state index in [1.165, 1.54) is 16.7 Å². The molecule has 0 amide bonds. The molecule has 0 saturated carbocycles. The molecule has 1 spiro atoms. The van der Waals surface area contributed by atoms with Gasteiger partial charge in [-0.25, -0.2) is 0 Å². The monoisotopic (exact) mass is 337 g/mol. The molecule has 4 aliphatic heterocycles. The van der Waals surface area contributed by atoms with E-state index < -0.39 is 0 Å². The van der Waals surface area contributed by atoms with Crippen molar-refractivity contribution in [3.63, 3.8) is 0 Å². The number of ether oxygens (including phenoxy) is 5. The van der Waals surface area contributed by atoms with E-state index in [4.69, 9.17) is 23.7 Å². The topological polar surface area (TPSA) is 58.2 Å². The van der Waals surface area contributed by atoms with Gasteiger partial charge >= 0.3 is 0 Å². The predicted octanol–water partition coefficient (Wildman–Crippen LogP) is 2.14. The first-order valence-corrected chi connectivity index (χ1v) is 8.60. The van der Waals surface area contributed by atoms with Crippen molar-refractivity contribution in [2.24, 2.45) is 0 Å². The van der Waals surface area contributed by atoms with Crippen molar-refractivity contribution in [3.8, 4) is 23.0 Å². The highest BCUT2D eigenvalue weighted by Gasteiger charge is 2.59. The predicted molar refractivity (Wildman–Crippen MR) is 85.0 cm³/mol. The Morgan fingerprint density at radius 2 is 1.76 bits per heavy atom. The minimum absolute atomic E-state index is 0.163. The lowest BCUT2D eigenvalue weighted by atomic mass is 9.83. The van der Waals surface area contributed by atoms with E-state index in [1.807, 2.05) is 6.07 Å². The van der Waals surface area contributed by atoms with Crippen molar-refractivity contribution in [2.75, 3.05) is 13.6 Å². The lowest BCUT2D eigenvalue weighted by Crippen LogP contribution is -2.39. The molecule has 2 aromatic rings. The SMILES string of the molecule is c1cc2c(c3c1CC14OC3NC1Cc1cc3c(cc14)OCO3)OCO2. The van der Waals surface area contributed by atoms with Crippen LogP contribution in [0.3, 0.4) is 0 Å². The summed E-state index contributed by atoms with van der Waals surface area (Å²) in [5.41, 5.74) is 4.52. The zero-order valence-corrected chi connectivity index (χ0v) is 13.3. The number of fused-ring (bicyclic) bond motifs is 7. The molecule has 3 atom stereocenters. The van der Waals surface area contributed by atoms with Crippen LogP contribution in [0.25, 0.3) is 0 Å². The molecule has 6 nitrogen and oxygen atoms in total. The van der Waals surface area contributed by atoms with E-state index in [1.54, 1.807) is 0 Å². The largest absolute Gasteiger partial charge is 0.454 e. The zero-order valence-electron chi connectivity index (χ0n) is 13.3. The molecule has 7 rings (SSSR count). The lowest BCUT2D eigenvalue weighted by Gasteiger charge is -2.34. The maximum Gasteiger partial charge on any atom is 0.231 e. The highest BCUT2D eigenvalue weighted by molar-refractivity contribution is 5.59. The molecule has 2 bridgehead atoms. The van der Waals surface area contributed by atoms with Gasteiger partial charge in [0.15, 0.2) is 23.0 Å². The smallest absolute Gasteiger partial charge is 0.231 e. The Hall–Kier alpha value is -2.44. The van der Waals surface area contributed by atoms with Crippen molar-refractivity contribution in [3.05, 3.63) is 46.5 Å². The van der Waals surface area contributed by atoms with E-state index in [9.17, 15) is 0 Å². The molecule has 1 N–H and O–H groups in total. The van der Waals surface area contributed by atoms with Gasteiger partial charge in [0, 0.05) is 18.0 Å². The summed E-state index contributed by atoms with van der Waals surface area (Å²) in [6.45, 7) is 0.572. The van der Waals surface area contributed by atoms with Crippen molar-refractivity contribution in [2.45, 2.75) is 30.7 Å². The Bertz CT molecular complexity index is 957. The van der Waals surface area contributed by atoms with Crippen LogP contribution in [0.15, 0.2) is 24.3 Å². The molecule has 5 aliphatic rings. The third-order valence-electron chi connectivity index (χ3n) is 6.11. The molecule has 1 saturated heterocycles. The number of benzene rings is 2. The molecule has 25 heavy (non-hydrogen) atoms. The van der Waals surface area contributed by atoms with Crippen molar-refractivity contribution < 1.29 is 23.7 Å². The fourth-order valence-electron chi connectivity index (χ4n) is 5.05. The first-order chi connectivity index (χ1) is 12.3. The van der Waals surface area contributed by atoms with Gasteiger partial charge in [-0.2, -0.15) is 0 Å². The van der Waals surface area contributed by atoms with Gasteiger partial charge in [-0.15, -0.1) is 0 Å². The van der Waals surface area contributed by atoms with Crippen LogP contribution in [0.2, 0.25) is 0 Å². The molecule has 0 aromatic heterocycles. The van der Waals surface area contributed by atoms with Gasteiger partial charge in [-0.1, -0.05) is 6.07 Å². The van der Waals surface area contributed by atoms with Gasteiger partial charge in [-0.05, 0) is 41.3 Å². The summed E-state index contributed by atoms with van der Waals surface area (Å²) in [4.78, 5) is 0. The van der Waals surface area contributed by atoms with Gasteiger partial charge in [0.1, 0.15) is 11.8 Å². The van der Waals surface area contributed by atoms with Crippen LogP contribution >= 0.6 is 0 Å². The maximum atomic E-state index is 6.60. The molecular formula is C19H15NO5.